The van der Waals surface area contributed by atoms with E-state index in [0.29, 0.717) is 17.1 Å². The molecule has 144 valence electrons. The number of nitrogens with zero attached hydrogens (tertiary/aromatic N) is 2. The van der Waals surface area contributed by atoms with E-state index in [9.17, 15) is 4.79 Å². The van der Waals surface area contributed by atoms with Gasteiger partial charge >= 0.3 is 0 Å². The molecule has 0 atom stereocenters. The zero-order chi connectivity index (χ0) is 19.1. The van der Waals surface area contributed by atoms with Crippen molar-refractivity contribution in [2.45, 2.75) is 19.4 Å². The minimum absolute atomic E-state index is 0.00497. The van der Waals surface area contributed by atoms with Crippen LogP contribution in [-0.2, 0) is 11.3 Å². The van der Waals surface area contributed by atoms with Crippen LogP contribution in [0.25, 0.3) is 0 Å². The molecule has 1 aliphatic rings. The first-order chi connectivity index (χ1) is 13.1. The molecule has 1 N–H and O–H groups in total. The van der Waals surface area contributed by atoms with Crippen molar-refractivity contribution in [3.63, 3.8) is 0 Å². The summed E-state index contributed by atoms with van der Waals surface area (Å²) >= 11 is 12.1. The Morgan fingerprint density at radius 1 is 0.926 bits per heavy atom. The van der Waals surface area contributed by atoms with Crippen LogP contribution in [0.1, 0.15) is 18.4 Å². The fourth-order valence-corrected chi connectivity index (χ4v) is 3.60. The molecule has 0 spiro atoms. The van der Waals surface area contributed by atoms with Crippen molar-refractivity contribution in [3.05, 3.63) is 64.1 Å². The molecule has 0 bridgehead atoms. The van der Waals surface area contributed by atoms with Crippen LogP contribution in [0.5, 0.6) is 0 Å². The Morgan fingerprint density at radius 2 is 1.63 bits per heavy atom. The van der Waals surface area contributed by atoms with Gasteiger partial charge in [0.15, 0.2) is 0 Å². The van der Waals surface area contributed by atoms with Crippen molar-refractivity contribution in [2.24, 2.45) is 0 Å². The lowest BCUT2D eigenvalue weighted by molar-refractivity contribution is -0.116. The third kappa shape index (κ3) is 6.51. The smallest absolute Gasteiger partial charge is 0.225 e. The lowest BCUT2D eigenvalue weighted by Gasteiger charge is -2.21. The summed E-state index contributed by atoms with van der Waals surface area (Å²) in [5.74, 6) is 0.00497. The molecule has 0 aliphatic carbocycles. The lowest BCUT2D eigenvalue weighted by atomic mass is 10.2. The molecule has 6 heteroatoms. The topological polar surface area (TPSA) is 35.6 Å². The number of nitrogens with one attached hydrogen (secondary N) is 1. The third-order valence-electron chi connectivity index (χ3n) is 4.80. The predicted molar refractivity (Wildman–Crippen MR) is 112 cm³/mol. The molecular weight excluding hydrogens is 381 g/mol. The van der Waals surface area contributed by atoms with Crippen LogP contribution in [-0.4, -0.2) is 48.4 Å². The van der Waals surface area contributed by atoms with Gasteiger partial charge in [-0.25, -0.2) is 0 Å². The van der Waals surface area contributed by atoms with E-state index in [1.165, 1.54) is 5.56 Å². The van der Waals surface area contributed by atoms with Gasteiger partial charge in [-0.1, -0.05) is 47.5 Å². The molecule has 2 aromatic rings. The van der Waals surface area contributed by atoms with Gasteiger partial charge in [-0.15, -0.1) is 0 Å². The van der Waals surface area contributed by atoms with E-state index in [4.69, 9.17) is 23.2 Å². The first-order valence-electron chi connectivity index (χ1n) is 9.34. The average Bonchev–Trinajstić information content (AvgIpc) is 2.89. The largest absolute Gasteiger partial charge is 0.325 e. The molecule has 2 aromatic carbocycles. The van der Waals surface area contributed by atoms with E-state index in [0.717, 1.165) is 50.7 Å². The minimum atomic E-state index is 0.00497. The SMILES string of the molecule is O=C(CCN1CCCN(Cc2ccc(Cl)cc2)CC1)Nc1ccccc1Cl. The predicted octanol–water partition coefficient (Wildman–Crippen LogP) is 4.53. The Bertz CT molecular complexity index is 751. The van der Waals surface area contributed by atoms with E-state index in [1.807, 2.05) is 30.3 Å². The fourth-order valence-electron chi connectivity index (χ4n) is 3.29. The molecule has 0 saturated carbocycles. The average molecular weight is 406 g/mol. The number of benzene rings is 2. The molecular formula is C21H25Cl2N3O. The maximum atomic E-state index is 12.2. The summed E-state index contributed by atoms with van der Waals surface area (Å²) in [7, 11) is 0. The summed E-state index contributed by atoms with van der Waals surface area (Å²) in [6.45, 7) is 5.80. The Hall–Kier alpha value is -1.59. The number of amides is 1. The van der Waals surface area contributed by atoms with Crippen molar-refractivity contribution in [1.29, 1.82) is 0 Å². The van der Waals surface area contributed by atoms with Crippen LogP contribution in [0.15, 0.2) is 48.5 Å². The molecule has 0 radical (unpaired) electrons. The number of anilines is 1. The molecule has 1 amide bonds. The van der Waals surface area contributed by atoms with Gasteiger partial charge in [0.2, 0.25) is 5.91 Å². The first-order valence-corrected chi connectivity index (χ1v) is 10.1. The molecule has 1 saturated heterocycles. The second kappa shape index (κ2) is 10.1. The van der Waals surface area contributed by atoms with E-state index in [1.54, 1.807) is 6.07 Å². The number of carbonyl (C=O) groups excluding carboxylic acids is 1. The number of hydrogen-bond donors (Lipinski definition) is 1. The Labute approximate surface area is 171 Å². The van der Waals surface area contributed by atoms with E-state index < -0.39 is 0 Å². The van der Waals surface area contributed by atoms with Gasteiger partial charge in [0.25, 0.3) is 0 Å². The standard InChI is InChI=1S/C21H25Cl2N3O/c22-18-8-6-17(7-9-18)16-26-12-3-11-25(14-15-26)13-10-21(27)24-20-5-2-1-4-19(20)23/h1-2,4-9H,3,10-16H2,(H,24,27). The normalized spacial score (nSPS) is 16.1. The zero-order valence-corrected chi connectivity index (χ0v) is 16.8. The van der Waals surface area contributed by atoms with Crippen LogP contribution in [0, 0.1) is 0 Å². The molecule has 0 aromatic heterocycles. The summed E-state index contributed by atoms with van der Waals surface area (Å²) in [6.07, 6.45) is 1.59. The summed E-state index contributed by atoms with van der Waals surface area (Å²) < 4.78 is 0. The van der Waals surface area contributed by atoms with Crippen LogP contribution in [0.4, 0.5) is 5.69 Å². The van der Waals surface area contributed by atoms with Crippen LogP contribution < -0.4 is 5.32 Å². The number of rotatable bonds is 6. The molecule has 1 heterocycles. The van der Waals surface area contributed by atoms with Crippen LogP contribution in [0.3, 0.4) is 0 Å². The third-order valence-corrected chi connectivity index (χ3v) is 5.39. The molecule has 27 heavy (non-hydrogen) atoms. The van der Waals surface area contributed by atoms with E-state index >= 15 is 0 Å². The van der Waals surface area contributed by atoms with Gasteiger partial charge in [0.1, 0.15) is 0 Å². The zero-order valence-electron chi connectivity index (χ0n) is 15.3. The second-order valence-corrected chi connectivity index (χ2v) is 7.72. The first kappa shape index (κ1) is 20.2. The lowest BCUT2D eigenvalue weighted by Crippen LogP contribution is -2.32. The van der Waals surface area contributed by atoms with Crippen molar-refractivity contribution >= 4 is 34.8 Å². The summed E-state index contributed by atoms with van der Waals surface area (Å²) in [6, 6.07) is 15.4. The highest BCUT2D eigenvalue weighted by molar-refractivity contribution is 6.33. The quantitative estimate of drug-likeness (QED) is 0.766. The number of halogens is 2. The highest BCUT2D eigenvalue weighted by atomic mass is 35.5. The summed E-state index contributed by atoms with van der Waals surface area (Å²) in [4.78, 5) is 17.0. The van der Waals surface area contributed by atoms with Gasteiger partial charge in [-0.2, -0.15) is 0 Å². The number of carbonyl (C=O) groups is 1. The Morgan fingerprint density at radius 3 is 2.41 bits per heavy atom. The minimum Gasteiger partial charge on any atom is -0.325 e. The monoisotopic (exact) mass is 405 g/mol. The fraction of sp³-hybridized carbons (Fsp3) is 0.381. The number of para-hydroxylation sites is 1. The van der Waals surface area contributed by atoms with Gasteiger partial charge in [0, 0.05) is 37.6 Å². The maximum Gasteiger partial charge on any atom is 0.225 e. The second-order valence-electron chi connectivity index (χ2n) is 6.88. The van der Waals surface area contributed by atoms with E-state index in [-0.39, 0.29) is 5.91 Å². The Balaban J connectivity index is 1.42. The van der Waals surface area contributed by atoms with Gasteiger partial charge in [-0.05, 0) is 49.3 Å². The van der Waals surface area contributed by atoms with Crippen molar-refractivity contribution < 1.29 is 4.79 Å². The highest BCUT2D eigenvalue weighted by Crippen LogP contribution is 2.20. The van der Waals surface area contributed by atoms with Crippen LogP contribution in [0.2, 0.25) is 10.0 Å². The van der Waals surface area contributed by atoms with Crippen molar-refractivity contribution in [3.8, 4) is 0 Å². The van der Waals surface area contributed by atoms with Gasteiger partial charge in [-0.3, -0.25) is 9.69 Å². The molecule has 0 unspecified atom stereocenters. The van der Waals surface area contributed by atoms with Gasteiger partial charge < -0.3 is 10.2 Å². The molecule has 3 rings (SSSR count). The van der Waals surface area contributed by atoms with Gasteiger partial charge in [0.05, 0.1) is 10.7 Å². The molecule has 4 nitrogen and oxygen atoms in total. The summed E-state index contributed by atoms with van der Waals surface area (Å²) in [5.41, 5.74) is 1.96. The molecule has 1 aliphatic heterocycles. The molecule has 1 fully saturated rings. The van der Waals surface area contributed by atoms with Crippen LogP contribution >= 0.6 is 23.2 Å². The highest BCUT2D eigenvalue weighted by Gasteiger charge is 2.16. The maximum absolute atomic E-state index is 12.2. The summed E-state index contributed by atoms with van der Waals surface area (Å²) in [5, 5.41) is 4.23. The Kier molecular flexibility index (Phi) is 7.53. The van der Waals surface area contributed by atoms with Crippen molar-refractivity contribution in [2.75, 3.05) is 38.0 Å². The van der Waals surface area contributed by atoms with E-state index in [2.05, 4.69) is 27.2 Å². The van der Waals surface area contributed by atoms with Crippen molar-refractivity contribution in [1.82, 2.24) is 9.80 Å². The number of hydrogen-bond acceptors (Lipinski definition) is 3.